The standard InChI is InChI=1S/C20H26F2N2O4S/c1-2-27-18(25)11-23-12-20(13-23)9-14-3-4-15(10-20)24(14)29(26)17-7-5-16(6-8-17)28-19(21)22/h5-8,14-15,19H,2-4,9-13H2,1H3. The third-order valence-corrected chi connectivity index (χ3v) is 7.76. The average Bonchev–Trinajstić information content (AvgIpc) is 2.91. The second-order valence-electron chi connectivity index (χ2n) is 8.20. The van der Waals surface area contributed by atoms with Gasteiger partial charge in [0.25, 0.3) is 0 Å². The molecule has 9 heteroatoms. The molecule has 3 saturated heterocycles. The van der Waals surface area contributed by atoms with E-state index in [0.29, 0.717) is 18.0 Å². The number of carbonyl (C=O) groups excluding carboxylic acids is 1. The van der Waals surface area contributed by atoms with Gasteiger partial charge in [-0.25, -0.2) is 8.51 Å². The molecule has 0 N–H and O–H groups in total. The first-order valence-corrected chi connectivity index (χ1v) is 11.1. The Kier molecular flexibility index (Phi) is 5.90. The highest BCUT2D eigenvalue weighted by molar-refractivity contribution is 7.82. The molecule has 3 aliphatic heterocycles. The lowest BCUT2D eigenvalue weighted by atomic mass is 9.70. The first kappa shape index (κ1) is 20.7. The summed E-state index contributed by atoms with van der Waals surface area (Å²) in [5.74, 6) is -0.111. The van der Waals surface area contributed by atoms with Crippen LogP contribution in [0.15, 0.2) is 29.2 Å². The van der Waals surface area contributed by atoms with E-state index in [1.54, 1.807) is 12.1 Å². The highest BCUT2D eigenvalue weighted by atomic mass is 32.2. The minimum atomic E-state index is -2.87. The minimum Gasteiger partial charge on any atom is -0.465 e. The van der Waals surface area contributed by atoms with Gasteiger partial charge in [0.05, 0.1) is 18.0 Å². The van der Waals surface area contributed by atoms with Crippen molar-refractivity contribution in [1.29, 1.82) is 0 Å². The van der Waals surface area contributed by atoms with Crippen LogP contribution < -0.4 is 4.74 Å². The quantitative estimate of drug-likeness (QED) is 0.625. The van der Waals surface area contributed by atoms with Crippen LogP contribution in [-0.2, 0) is 20.5 Å². The number of hydrogen-bond donors (Lipinski definition) is 0. The summed E-state index contributed by atoms with van der Waals surface area (Å²) in [6.45, 7) is 1.46. The Bertz CT molecular complexity index is 754. The molecule has 160 valence electrons. The minimum absolute atomic E-state index is 0.0671. The highest BCUT2D eigenvalue weighted by Crippen LogP contribution is 2.51. The van der Waals surface area contributed by atoms with Gasteiger partial charge in [0.15, 0.2) is 0 Å². The van der Waals surface area contributed by atoms with Crippen LogP contribution >= 0.6 is 0 Å². The van der Waals surface area contributed by atoms with Gasteiger partial charge >= 0.3 is 12.6 Å². The second kappa shape index (κ2) is 8.28. The van der Waals surface area contributed by atoms with Crippen molar-refractivity contribution in [2.24, 2.45) is 5.41 Å². The number of hydrogen-bond acceptors (Lipinski definition) is 5. The van der Waals surface area contributed by atoms with Crippen LogP contribution in [0.5, 0.6) is 5.75 Å². The lowest BCUT2D eigenvalue weighted by molar-refractivity contribution is -0.149. The maximum Gasteiger partial charge on any atom is 0.387 e. The lowest BCUT2D eigenvalue weighted by Gasteiger charge is -2.55. The van der Waals surface area contributed by atoms with Crippen molar-refractivity contribution in [3.63, 3.8) is 0 Å². The molecule has 3 aliphatic rings. The normalized spacial score (nSPS) is 27.0. The van der Waals surface area contributed by atoms with E-state index in [1.165, 1.54) is 12.1 Å². The van der Waals surface area contributed by atoms with E-state index in [9.17, 15) is 17.8 Å². The van der Waals surface area contributed by atoms with Gasteiger partial charge in [-0.15, -0.1) is 0 Å². The Balaban J connectivity index is 1.36. The molecule has 1 aromatic rings. The molecule has 0 aliphatic carbocycles. The van der Waals surface area contributed by atoms with E-state index < -0.39 is 17.6 Å². The zero-order chi connectivity index (χ0) is 20.6. The predicted molar refractivity (Wildman–Crippen MR) is 103 cm³/mol. The number of fused-ring (bicyclic) bond motifs is 2. The summed E-state index contributed by atoms with van der Waals surface area (Å²) in [6, 6.07) is 6.56. The number of esters is 1. The van der Waals surface area contributed by atoms with Gasteiger partial charge in [-0.3, -0.25) is 9.69 Å². The first-order valence-electron chi connectivity index (χ1n) is 10.0. The van der Waals surface area contributed by atoms with E-state index in [-0.39, 0.29) is 29.2 Å². The molecule has 0 radical (unpaired) electrons. The molecule has 1 aromatic carbocycles. The van der Waals surface area contributed by atoms with Crippen molar-refractivity contribution < 1.29 is 27.3 Å². The Morgan fingerprint density at radius 1 is 1.21 bits per heavy atom. The molecule has 0 saturated carbocycles. The van der Waals surface area contributed by atoms with Crippen molar-refractivity contribution in [2.75, 3.05) is 26.2 Å². The molecule has 3 unspecified atom stereocenters. The van der Waals surface area contributed by atoms with E-state index >= 15 is 0 Å². The van der Waals surface area contributed by atoms with Gasteiger partial charge < -0.3 is 9.47 Å². The van der Waals surface area contributed by atoms with Crippen LogP contribution in [0, 0.1) is 5.41 Å². The maximum absolute atomic E-state index is 13.2. The fraction of sp³-hybridized carbons (Fsp3) is 0.650. The van der Waals surface area contributed by atoms with Gasteiger partial charge in [-0.2, -0.15) is 8.78 Å². The predicted octanol–water partition coefficient (Wildman–Crippen LogP) is 2.80. The fourth-order valence-electron chi connectivity index (χ4n) is 5.20. The SMILES string of the molecule is CCOC(=O)CN1CC2(CC3CCC(C2)N3S(=O)c2ccc(OC(F)F)cc2)C1. The molecule has 3 fully saturated rings. The van der Waals surface area contributed by atoms with Gasteiger partial charge in [-0.1, -0.05) is 0 Å². The number of piperidine rings is 1. The Morgan fingerprint density at radius 3 is 2.38 bits per heavy atom. The molecule has 0 amide bonds. The van der Waals surface area contributed by atoms with Crippen LogP contribution in [0.2, 0.25) is 0 Å². The summed E-state index contributed by atoms with van der Waals surface area (Å²) >= 11 is 0. The molecule has 4 rings (SSSR count). The van der Waals surface area contributed by atoms with E-state index in [0.717, 1.165) is 38.8 Å². The van der Waals surface area contributed by atoms with Crippen molar-refractivity contribution in [2.45, 2.75) is 56.2 Å². The molecule has 3 atom stereocenters. The lowest BCUT2D eigenvalue weighted by Crippen LogP contribution is -2.63. The zero-order valence-electron chi connectivity index (χ0n) is 16.4. The summed E-state index contributed by atoms with van der Waals surface area (Å²) in [4.78, 5) is 14.4. The molecule has 2 bridgehead atoms. The fourth-order valence-corrected chi connectivity index (χ4v) is 6.71. The van der Waals surface area contributed by atoms with Crippen LogP contribution in [0.4, 0.5) is 8.78 Å². The average molecular weight is 429 g/mol. The topological polar surface area (TPSA) is 59.1 Å². The van der Waals surface area contributed by atoms with Crippen molar-refractivity contribution in [3.8, 4) is 5.75 Å². The van der Waals surface area contributed by atoms with Gasteiger partial charge in [0, 0.05) is 25.2 Å². The number of ether oxygens (including phenoxy) is 2. The zero-order valence-corrected chi connectivity index (χ0v) is 17.2. The summed E-state index contributed by atoms with van der Waals surface area (Å²) < 4.78 is 49.3. The second-order valence-corrected chi connectivity index (χ2v) is 9.59. The molecular weight excluding hydrogens is 402 g/mol. The Morgan fingerprint density at radius 2 is 1.83 bits per heavy atom. The Hall–Kier alpha value is -1.58. The number of benzene rings is 1. The van der Waals surface area contributed by atoms with Crippen LogP contribution in [-0.4, -0.2) is 64.3 Å². The highest BCUT2D eigenvalue weighted by Gasteiger charge is 2.55. The van der Waals surface area contributed by atoms with Gasteiger partial charge in [0.2, 0.25) is 0 Å². The third kappa shape index (κ3) is 4.32. The summed E-state index contributed by atoms with van der Waals surface area (Å²) in [5.41, 5.74) is 0.202. The van der Waals surface area contributed by atoms with E-state index in [1.807, 2.05) is 6.92 Å². The van der Waals surface area contributed by atoms with Crippen molar-refractivity contribution in [1.82, 2.24) is 9.21 Å². The van der Waals surface area contributed by atoms with Crippen LogP contribution in [0.1, 0.15) is 32.6 Å². The number of likely N-dealkylation sites (tertiary alicyclic amines) is 1. The molecule has 0 aromatic heterocycles. The smallest absolute Gasteiger partial charge is 0.387 e. The molecule has 6 nitrogen and oxygen atoms in total. The number of alkyl halides is 2. The largest absolute Gasteiger partial charge is 0.465 e. The number of halogens is 2. The van der Waals surface area contributed by atoms with E-state index in [2.05, 4.69) is 13.9 Å². The summed E-state index contributed by atoms with van der Waals surface area (Å²) in [7, 11) is -1.32. The van der Waals surface area contributed by atoms with E-state index in [4.69, 9.17) is 4.74 Å². The molecular formula is C20H26F2N2O4S. The number of nitrogens with zero attached hydrogens (tertiary/aromatic N) is 2. The summed E-state index contributed by atoms with van der Waals surface area (Å²) in [5, 5.41) is 0. The van der Waals surface area contributed by atoms with Gasteiger partial charge in [-0.05, 0) is 62.3 Å². The molecule has 1 spiro atoms. The van der Waals surface area contributed by atoms with Crippen LogP contribution in [0.3, 0.4) is 0 Å². The monoisotopic (exact) mass is 428 g/mol. The number of carbonyl (C=O) groups is 1. The van der Waals surface area contributed by atoms with Gasteiger partial charge in [0.1, 0.15) is 16.7 Å². The third-order valence-electron chi connectivity index (χ3n) is 6.11. The molecule has 29 heavy (non-hydrogen) atoms. The van der Waals surface area contributed by atoms with Crippen molar-refractivity contribution >= 4 is 17.0 Å². The van der Waals surface area contributed by atoms with Crippen molar-refractivity contribution in [3.05, 3.63) is 24.3 Å². The summed E-state index contributed by atoms with van der Waals surface area (Å²) in [6.07, 6.45) is 3.98. The number of rotatable bonds is 7. The van der Waals surface area contributed by atoms with Crippen LogP contribution in [0.25, 0.3) is 0 Å². The first-order chi connectivity index (χ1) is 13.9. The molecule has 3 heterocycles. The Labute approximate surface area is 171 Å². The maximum atomic E-state index is 13.2.